The van der Waals surface area contributed by atoms with E-state index in [4.69, 9.17) is 19.9 Å². The van der Waals surface area contributed by atoms with Crippen LogP contribution in [0.1, 0.15) is 12.7 Å². The van der Waals surface area contributed by atoms with Crippen molar-refractivity contribution < 1.29 is 14.2 Å². The molecule has 1 saturated heterocycles. The molecule has 6 heteroatoms. The van der Waals surface area contributed by atoms with E-state index in [1.54, 1.807) is 0 Å². The van der Waals surface area contributed by atoms with E-state index in [2.05, 4.69) is 16.9 Å². The predicted octanol–water partition coefficient (Wildman–Crippen LogP) is 0.949. The fourth-order valence-electron chi connectivity index (χ4n) is 2.75. The van der Waals surface area contributed by atoms with Crippen LogP contribution in [-0.4, -0.2) is 42.4 Å². The van der Waals surface area contributed by atoms with Crippen molar-refractivity contribution in [2.24, 2.45) is 5.73 Å². The van der Waals surface area contributed by atoms with E-state index in [1.807, 2.05) is 12.1 Å². The van der Waals surface area contributed by atoms with E-state index in [-0.39, 0.29) is 11.5 Å². The lowest BCUT2D eigenvalue weighted by Gasteiger charge is -2.23. The Hall–Kier alpha value is -1.79. The number of benzene rings is 1. The van der Waals surface area contributed by atoms with Gasteiger partial charge in [-0.2, -0.15) is 0 Å². The van der Waals surface area contributed by atoms with Gasteiger partial charge in [-0.3, -0.25) is 0 Å². The van der Waals surface area contributed by atoms with E-state index in [9.17, 15) is 0 Å². The number of ether oxygens (including phenoxy) is 3. The van der Waals surface area contributed by atoms with Gasteiger partial charge in [0.25, 0.3) is 0 Å². The van der Waals surface area contributed by atoms with Gasteiger partial charge < -0.3 is 24.9 Å². The minimum atomic E-state index is -0.277. The van der Waals surface area contributed by atoms with Gasteiger partial charge in [-0.1, -0.05) is 0 Å². The standard InChI is InChI=1S/C14H17N3O3/c1-14(7-18-6-12(14)15)13-16-8-4-10-11(5-9(8)17-13)20-3-2-19-10/h4-5,12H,2-3,6-7,15H2,1H3,(H,16,17). The average molecular weight is 275 g/mol. The SMILES string of the molecule is CC1(c2nc3cc4c(cc3[nH]2)OCCO4)COCC1N. The highest BCUT2D eigenvalue weighted by Crippen LogP contribution is 2.36. The molecule has 2 aliphatic heterocycles. The minimum Gasteiger partial charge on any atom is -0.486 e. The van der Waals surface area contributed by atoms with Crippen molar-refractivity contribution in [1.82, 2.24) is 9.97 Å². The summed E-state index contributed by atoms with van der Waals surface area (Å²) < 4.78 is 16.7. The molecule has 3 N–H and O–H groups in total. The van der Waals surface area contributed by atoms with Gasteiger partial charge in [-0.25, -0.2) is 4.98 Å². The molecule has 4 rings (SSSR count). The van der Waals surface area contributed by atoms with Gasteiger partial charge in [0.05, 0.1) is 29.7 Å². The summed E-state index contributed by atoms with van der Waals surface area (Å²) in [7, 11) is 0. The van der Waals surface area contributed by atoms with Gasteiger partial charge in [0.15, 0.2) is 11.5 Å². The number of nitrogens with two attached hydrogens (primary N) is 1. The Balaban J connectivity index is 1.82. The number of H-pyrrole nitrogens is 1. The lowest BCUT2D eigenvalue weighted by molar-refractivity contribution is 0.172. The van der Waals surface area contributed by atoms with Crippen LogP contribution in [0.15, 0.2) is 12.1 Å². The molecule has 1 fully saturated rings. The number of aromatic amines is 1. The number of nitrogens with zero attached hydrogens (tertiary/aromatic N) is 1. The first-order chi connectivity index (χ1) is 9.67. The first kappa shape index (κ1) is 12.0. The van der Waals surface area contributed by atoms with Crippen LogP contribution in [0, 0.1) is 0 Å². The molecule has 0 bridgehead atoms. The monoisotopic (exact) mass is 275 g/mol. The fraction of sp³-hybridized carbons (Fsp3) is 0.500. The molecular weight excluding hydrogens is 258 g/mol. The Morgan fingerprint density at radius 2 is 2.05 bits per heavy atom. The lowest BCUT2D eigenvalue weighted by Crippen LogP contribution is -2.42. The van der Waals surface area contributed by atoms with Crippen molar-refractivity contribution in [3.05, 3.63) is 18.0 Å². The summed E-state index contributed by atoms with van der Waals surface area (Å²) in [6.45, 7) is 4.38. The maximum absolute atomic E-state index is 6.15. The summed E-state index contributed by atoms with van der Waals surface area (Å²) in [6.07, 6.45) is 0. The van der Waals surface area contributed by atoms with Gasteiger partial charge in [-0.05, 0) is 6.92 Å². The number of rotatable bonds is 1. The third-order valence-corrected chi connectivity index (χ3v) is 4.20. The highest BCUT2D eigenvalue weighted by atomic mass is 16.6. The average Bonchev–Trinajstić information content (AvgIpc) is 3.01. The van der Waals surface area contributed by atoms with Gasteiger partial charge in [0, 0.05) is 18.2 Å². The van der Waals surface area contributed by atoms with Crippen LogP contribution in [0.2, 0.25) is 0 Å². The van der Waals surface area contributed by atoms with Crippen molar-refractivity contribution in [2.45, 2.75) is 18.4 Å². The van der Waals surface area contributed by atoms with Gasteiger partial charge >= 0.3 is 0 Å². The molecule has 0 radical (unpaired) electrons. The Morgan fingerprint density at radius 1 is 1.30 bits per heavy atom. The Morgan fingerprint density at radius 3 is 2.75 bits per heavy atom. The molecule has 0 saturated carbocycles. The van der Waals surface area contributed by atoms with Crippen LogP contribution in [0.4, 0.5) is 0 Å². The minimum absolute atomic E-state index is 0.0508. The lowest BCUT2D eigenvalue weighted by atomic mass is 9.85. The smallest absolute Gasteiger partial charge is 0.163 e. The van der Waals surface area contributed by atoms with Crippen LogP contribution < -0.4 is 15.2 Å². The summed E-state index contributed by atoms with van der Waals surface area (Å²) in [5.41, 5.74) is 7.68. The fourth-order valence-corrected chi connectivity index (χ4v) is 2.75. The van der Waals surface area contributed by atoms with E-state index in [1.165, 1.54) is 0 Å². The first-order valence-electron chi connectivity index (χ1n) is 6.80. The second-order valence-electron chi connectivity index (χ2n) is 5.64. The molecule has 106 valence electrons. The highest BCUT2D eigenvalue weighted by Gasteiger charge is 2.41. The number of imidazole rings is 1. The molecule has 6 nitrogen and oxygen atoms in total. The largest absolute Gasteiger partial charge is 0.486 e. The molecule has 0 spiro atoms. The summed E-state index contributed by atoms with van der Waals surface area (Å²) in [5, 5.41) is 0. The van der Waals surface area contributed by atoms with Gasteiger partial charge in [-0.15, -0.1) is 0 Å². The summed E-state index contributed by atoms with van der Waals surface area (Å²) >= 11 is 0. The van der Waals surface area contributed by atoms with E-state index < -0.39 is 0 Å². The maximum Gasteiger partial charge on any atom is 0.163 e. The van der Waals surface area contributed by atoms with Crippen LogP contribution in [-0.2, 0) is 10.2 Å². The van der Waals surface area contributed by atoms with E-state index in [0.717, 1.165) is 28.4 Å². The molecule has 2 aliphatic rings. The molecule has 1 aromatic heterocycles. The molecule has 2 aromatic rings. The zero-order valence-electron chi connectivity index (χ0n) is 11.3. The molecule has 2 atom stereocenters. The highest BCUT2D eigenvalue weighted by molar-refractivity contribution is 5.80. The topological polar surface area (TPSA) is 82.4 Å². The summed E-state index contributed by atoms with van der Waals surface area (Å²) in [4.78, 5) is 8.03. The quantitative estimate of drug-likeness (QED) is 0.809. The molecule has 20 heavy (non-hydrogen) atoms. The second-order valence-corrected chi connectivity index (χ2v) is 5.64. The molecular formula is C14H17N3O3. The van der Waals surface area contributed by atoms with E-state index >= 15 is 0 Å². The van der Waals surface area contributed by atoms with Crippen molar-refractivity contribution in [3.8, 4) is 11.5 Å². The van der Waals surface area contributed by atoms with Gasteiger partial charge in [0.1, 0.15) is 19.0 Å². The summed E-state index contributed by atoms with van der Waals surface area (Å²) in [6, 6.07) is 3.80. The molecule has 2 unspecified atom stereocenters. The number of hydrogen-bond donors (Lipinski definition) is 2. The Bertz CT molecular complexity index is 626. The third kappa shape index (κ3) is 1.61. The molecule has 0 amide bonds. The van der Waals surface area contributed by atoms with Crippen LogP contribution in [0.5, 0.6) is 11.5 Å². The zero-order chi connectivity index (χ0) is 13.7. The van der Waals surface area contributed by atoms with Crippen molar-refractivity contribution >= 4 is 11.0 Å². The number of fused-ring (bicyclic) bond motifs is 2. The second kappa shape index (κ2) is 4.10. The molecule has 3 heterocycles. The van der Waals surface area contributed by atoms with E-state index in [0.29, 0.717) is 26.4 Å². The van der Waals surface area contributed by atoms with Crippen molar-refractivity contribution in [3.63, 3.8) is 0 Å². The predicted molar refractivity (Wildman–Crippen MR) is 73.2 cm³/mol. The summed E-state index contributed by atoms with van der Waals surface area (Å²) in [5.74, 6) is 2.37. The van der Waals surface area contributed by atoms with Crippen molar-refractivity contribution in [1.29, 1.82) is 0 Å². The number of aromatic nitrogens is 2. The number of hydrogen-bond acceptors (Lipinski definition) is 5. The zero-order valence-corrected chi connectivity index (χ0v) is 11.3. The third-order valence-electron chi connectivity index (χ3n) is 4.20. The normalized spacial score (nSPS) is 29.0. The van der Waals surface area contributed by atoms with Gasteiger partial charge in [0.2, 0.25) is 0 Å². The molecule has 1 aromatic carbocycles. The number of nitrogens with one attached hydrogen (secondary N) is 1. The maximum atomic E-state index is 6.15. The first-order valence-corrected chi connectivity index (χ1v) is 6.80. The Kier molecular flexibility index (Phi) is 2.46. The van der Waals surface area contributed by atoms with Crippen LogP contribution in [0.3, 0.4) is 0 Å². The van der Waals surface area contributed by atoms with Crippen LogP contribution in [0.25, 0.3) is 11.0 Å². The Labute approximate surface area is 116 Å². The molecule has 0 aliphatic carbocycles. The van der Waals surface area contributed by atoms with Crippen LogP contribution >= 0.6 is 0 Å². The van der Waals surface area contributed by atoms with Crippen molar-refractivity contribution in [2.75, 3.05) is 26.4 Å².